The van der Waals surface area contributed by atoms with Gasteiger partial charge in [-0.3, -0.25) is 4.90 Å². The Morgan fingerprint density at radius 2 is 2.00 bits per heavy atom. The van der Waals surface area contributed by atoms with Crippen LogP contribution in [-0.4, -0.2) is 48.6 Å². The summed E-state index contributed by atoms with van der Waals surface area (Å²) >= 11 is 0. The number of likely N-dealkylation sites (N-methyl/N-ethyl adjacent to an activating group) is 1. The van der Waals surface area contributed by atoms with Crippen molar-refractivity contribution < 1.29 is 4.39 Å². The maximum Gasteiger partial charge on any atom is 0.128 e. The average Bonchev–Trinajstić information content (AvgIpc) is 2.36. The van der Waals surface area contributed by atoms with Crippen LogP contribution in [0.15, 0.2) is 24.3 Å². The van der Waals surface area contributed by atoms with Crippen molar-refractivity contribution in [3.63, 3.8) is 0 Å². The summed E-state index contributed by atoms with van der Waals surface area (Å²) in [5.41, 5.74) is 6.84. The number of benzene rings is 1. The first kappa shape index (κ1) is 14.4. The van der Waals surface area contributed by atoms with Crippen LogP contribution in [0.1, 0.15) is 25.5 Å². The van der Waals surface area contributed by atoms with E-state index in [0.29, 0.717) is 11.6 Å². The molecule has 1 saturated heterocycles. The summed E-state index contributed by atoms with van der Waals surface area (Å²) in [6, 6.07) is 7.32. The lowest BCUT2D eigenvalue weighted by Gasteiger charge is -2.43. The molecule has 4 heteroatoms. The first-order valence-electron chi connectivity index (χ1n) is 6.95. The van der Waals surface area contributed by atoms with Gasteiger partial charge in [0.1, 0.15) is 5.82 Å². The van der Waals surface area contributed by atoms with Crippen LogP contribution in [0, 0.1) is 5.82 Å². The molecule has 19 heavy (non-hydrogen) atoms. The van der Waals surface area contributed by atoms with E-state index in [1.807, 2.05) is 19.1 Å². The van der Waals surface area contributed by atoms with E-state index in [2.05, 4.69) is 23.8 Å². The minimum atomic E-state index is -0.156. The molecule has 3 unspecified atom stereocenters. The van der Waals surface area contributed by atoms with Gasteiger partial charge in [-0.15, -0.1) is 0 Å². The molecule has 0 spiro atoms. The van der Waals surface area contributed by atoms with Crippen LogP contribution < -0.4 is 5.73 Å². The molecule has 1 heterocycles. The quantitative estimate of drug-likeness (QED) is 0.905. The zero-order valence-electron chi connectivity index (χ0n) is 12.0. The second-order valence-corrected chi connectivity index (χ2v) is 5.65. The van der Waals surface area contributed by atoms with Crippen molar-refractivity contribution in [3.05, 3.63) is 35.6 Å². The van der Waals surface area contributed by atoms with Crippen LogP contribution in [0.5, 0.6) is 0 Å². The fourth-order valence-corrected chi connectivity index (χ4v) is 2.86. The molecule has 0 radical (unpaired) electrons. The van der Waals surface area contributed by atoms with E-state index in [4.69, 9.17) is 5.73 Å². The highest BCUT2D eigenvalue weighted by molar-refractivity contribution is 5.23. The minimum absolute atomic E-state index is 0.0441. The summed E-state index contributed by atoms with van der Waals surface area (Å²) in [5.74, 6) is -0.156. The normalized spacial score (nSPS) is 25.2. The molecule has 0 aliphatic carbocycles. The van der Waals surface area contributed by atoms with Crippen LogP contribution in [-0.2, 0) is 0 Å². The van der Waals surface area contributed by atoms with E-state index >= 15 is 0 Å². The third-order valence-corrected chi connectivity index (χ3v) is 4.11. The van der Waals surface area contributed by atoms with Gasteiger partial charge >= 0.3 is 0 Å². The fourth-order valence-electron chi connectivity index (χ4n) is 2.86. The standard InChI is InChI=1S/C15H24FN3/c1-11-10-19(9-8-18(11)3)15(12(2)17)13-6-4-5-7-14(13)16/h4-7,11-12,15H,8-10,17H2,1-3H3. The van der Waals surface area contributed by atoms with Crippen LogP contribution in [0.3, 0.4) is 0 Å². The summed E-state index contributed by atoms with van der Waals surface area (Å²) < 4.78 is 14.0. The van der Waals surface area contributed by atoms with Gasteiger partial charge in [-0.2, -0.15) is 0 Å². The van der Waals surface area contributed by atoms with Crippen molar-refractivity contribution in [1.82, 2.24) is 9.80 Å². The summed E-state index contributed by atoms with van der Waals surface area (Å²) in [6.07, 6.45) is 0. The Morgan fingerprint density at radius 1 is 1.32 bits per heavy atom. The molecule has 0 bridgehead atoms. The first-order chi connectivity index (χ1) is 9.00. The fraction of sp³-hybridized carbons (Fsp3) is 0.600. The molecule has 1 aliphatic rings. The number of nitrogens with zero attached hydrogens (tertiary/aromatic N) is 2. The minimum Gasteiger partial charge on any atom is -0.326 e. The molecule has 0 amide bonds. The summed E-state index contributed by atoms with van der Waals surface area (Å²) in [7, 11) is 2.13. The molecule has 0 aromatic heterocycles. The van der Waals surface area contributed by atoms with Crippen molar-refractivity contribution in [2.24, 2.45) is 5.73 Å². The van der Waals surface area contributed by atoms with E-state index in [-0.39, 0.29) is 17.9 Å². The number of hydrogen-bond acceptors (Lipinski definition) is 3. The van der Waals surface area contributed by atoms with Gasteiger partial charge in [0.2, 0.25) is 0 Å². The Kier molecular flexibility index (Phi) is 4.55. The second kappa shape index (κ2) is 5.99. The molecule has 1 aromatic carbocycles. The van der Waals surface area contributed by atoms with Crippen molar-refractivity contribution in [2.75, 3.05) is 26.7 Å². The highest BCUT2D eigenvalue weighted by Gasteiger charge is 2.31. The number of nitrogens with two attached hydrogens (primary N) is 1. The van der Waals surface area contributed by atoms with Crippen LogP contribution in [0.2, 0.25) is 0 Å². The largest absolute Gasteiger partial charge is 0.326 e. The lowest BCUT2D eigenvalue weighted by Crippen LogP contribution is -2.53. The van der Waals surface area contributed by atoms with Gasteiger partial charge in [0.15, 0.2) is 0 Å². The van der Waals surface area contributed by atoms with E-state index in [1.165, 1.54) is 6.07 Å². The Morgan fingerprint density at radius 3 is 2.58 bits per heavy atom. The molecule has 1 aliphatic heterocycles. The van der Waals surface area contributed by atoms with Crippen molar-refractivity contribution >= 4 is 0 Å². The van der Waals surface area contributed by atoms with Gasteiger partial charge in [-0.1, -0.05) is 18.2 Å². The molecular weight excluding hydrogens is 241 g/mol. The van der Waals surface area contributed by atoms with Crippen LogP contribution >= 0.6 is 0 Å². The van der Waals surface area contributed by atoms with Gasteiger partial charge < -0.3 is 10.6 Å². The molecule has 106 valence electrons. The molecule has 1 fully saturated rings. The number of piperazine rings is 1. The monoisotopic (exact) mass is 265 g/mol. The summed E-state index contributed by atoms with van der Waals surface area (Å²) in [4.78, 5) is 4.64. The maximum absolute atomic E-state index is 14.0. The zero-order chi connectivity index (χ0) is 14.0. The Labute approximate surface area is 115 Å². The van der Waals surface area contributed by atoms with E-state index in [1.54, 1.807) is 6.07 Å². The molecule has 3 nitrogen and oxygen atoms in total. The predicted molar refractivity (Wildman–Crippen MR) is 76.5 cm³/mol. The third kappa shape index (κ3) is 3.14. The molecule has 0 saturated carbocycles. The zero-order valence-corrected chi connectivity index (χ0v) is 12.0. The SMILES string of the molecule is CC(N)C(c1ccccc1F)N1CCN(C)C(C)C1. The highest BCUT2D eigenvalue weighted by atomic mass is 19.1. The summed E-state index contributed by atoms with van der Waals surface area (Å²) in [6.45, 7) is 7.02. The molecule has 3 atom stereocenters. The van der Waals surface area contributed by atoms with Gasteiger partial charge in [-0.25, -0.2) is 4.39 Å². The average molecular weight is 265 g/mol. The van der Waals surface area contributed by atoms with Crippen molar-refractivity contribution in [1.29, 1.82) is 0 Å². The highest BCUT2D eigenvalue weighted by Crippen LogP contribution is 2.27. The number of halogens is 1. The van der Waals surface area contributed by atoms with Crippen molar-refractivity contribution in [2.45, 2.75) is 32.0 Å². The predicted octanol–water partition coefficient (Wildman–Crippen LogP) is 1.85. The molecule has 2 rings (SSSR count). The molecule has 2 N–H and O–H groups in total. The first-order valence-corrected chi connectivity index (χ1v) is 6.95. The molecule has 1 aromatic rings. The maximum atomic E-state index is 14.0. The number of rotatable bonds is 3. The topological polar surface area (TPSA) is 32.5 Å². The lowest BCUT2D eigenvalue weighted by atomic mass is 9.97. The third-order valence-electron chi connectivity index (χ3n) is 4.11. The van der Waals surface area contributed by atoms with Crippen LogP contribution in [0.4, 0.5) is 4.39 Å². The summed E-state index contributed by atoms with van der Waals surface area (Å²) in [5, 5.41) is 0. The lowest BCUT2D eigenvalue weighted by molar-refractivity contribution is 0.0625. The van der Waals surface area contributed by atoms with Crippen LogP contribution in [0.25, 0.3) is 0 Å². The van der Waals surface area contributed by atoms with Gasteiger partial charge in [0.05, 0.1) is 6.04 Å². The van der Waals surface area contributed by atoms with E-state index in [9.17, 15) is 4.39 Å². The van der Waals surface area contributed by atoms with E-state index < -0.39 is 0 Å². The van der Waals surface area contributed by atoms with Crippen molar-refractivity contribution in [3.8, 4) is 0 Å². The van der Waals surface area contributed by atoms with E-state index in [0.717, 1.165) is 19.6 Å². The Balaban J connectivity index is 2.24. The van der Waals surface area contributed by atoms with Gasteiger partial charge in [0, 0.05) is 37.3 Å². The Bertz CT molecular complexity index is 422. The smallest absolute Gasteiger partial charge is 0.128 e. The van der Waals surface area contributed by atoms with Gasteiger partial charge in [0.25, 0.3) is 0 Å². The number of hydrogen-bond donors (Lipinski definition) is 1. The molecular formula is C15H24FN3. The second-order valence-electron chi connectivity index (χ2n) is 5.65. The van der Waals surface area contributed by atoms with Gasteiger partial charge in [-0.05, 0) is 27.0 Å². The Hall–Kier alpha value is -0.970.